The standard InChI is InChI=1S/C24H28N4OS/c1-24(2,22(29)26-23-27-25-17-30-23)21(18-9-5-3-6-10-18)19-11-13-20(14-12-19)28-15-7-4-8-16-28/h3,5-6,9-14,17,21H,4,7-8,15-16H2,1-2H3,(H,26,27,29). The predicted molar refractivity (Wildman–Crippen MR) is 123 cm³/mol. The third-order valence-corrected chi connectivity index (χ3v) is 6.57. The summed E-state index contributed by atoms with van der Waals surface area (Å²) in [4.78, 5) is 15.7. The summed E-state index contributed by atoms with van der Waals surface area (Å²) >= 11 is 1.33. The minimum atomic E-state index is -0.681. The number of hydrogen-bond acceptors (Lipinski definition) is 5. The number of rotatable bonds is 6. The van der Waals surface area contributed by atoms with Gasteiger partial charge in [0.15, 0.2) is 0 Å². The van der Waals surface area contributed by atoms with Gasteiger partial charge >= 0.3 is 0 Å². The van der Waals surface area contributed by atoms with Gasteiger partial charge in [0.05, 0.1) is 5.41 Å². The molecule has 0 saturated carbocycles. The number of nitrogens with zero attached hydrogens (tertiary/aromatic N) is 3. The number of piperidine rings is 1. The molecule has 2 aromatic carbocycles. The molecule has 0 spiro atoms. The van der Waals surface area contributed by atoms with Crippen LogP contribution in [0.25, 0.3) is 0 Å². The van der Waals surface area contributed by atoms with Crippen molar-refractivity contribution in [1.82, 2.24) is 10.2 Å². The molecule has 0 aliphatic carbocycles. The Hall–Kier alpha value is -2.73. The van der Waals surface area contributed by atoms with Gasteiger partial charge in [0.2, 0.25) is 11.0 Å². The molecule has 1 atom stereocenters. The lowest BCUT2D eigenvalue weighted by molar-refractivity contribution is -0.124. The number of benzene rings is 2. The van der Waals surface area contributed by atoms with E-state index in [1.807, 2.05) is 32.0 Å². The lowest BCUT2D eigenvalue weighted by Gasteiger charge is -2.34. The van der Waals surface area contributed by atoms with Crippen molar-refractivity contribution in [3.8, 4) is 0 Å². The minimum Gasteiger partial charge on any atom is -0.372 e. The van der Waals surface area contributed by atoms with E-state index in [9.17, 15) is 4.79 Å². The van der Waals surface area contributed by atoms with Gasteiger partial charge in [-0.15, -0.1) is 10.2 Å². The second-order valence-electron chi connectivity index (χ2n) is 8.40. The molecule has 4 rings (SSSR count). The van der Waals surface area contributed by atoms with Gasteiger partial charge in [-0.1, -0.05) is 67.6 Å². The van der Waals surface area contributed by atoms with Crippen LogP contribution in [0, 0.1) is 5.41 Å². The number of hydrogen-bond donors (Lipinski definition) is 1. The summed E-state index contributed by atoms with van der Waals surface area (Å²) in [6, 6.07) is 19.0. The first kappa shape index (κ1) is 20.5. The first-order chi connectivity index (χ1) is 14.6. The van der Waals surface area contributed by atoms with Crippen LogP contribution in [0.15, 0.2) is 60.1 Å². The maximum atomic E-state index is 13.3. The first-order valence-electron chi connectivity index (χ1n) is 10.5. The maximum absolute atomic E-state index is 13.3. The van der Waals surface area contributed by atoms with Crippen LogP contribution in [0.2, 0.25) is 0 Å². The summed E-state index contributed by atoms with van der Waals surface area (Å²) in [5.74, 6) is -0.143. The third kappa shape index (κ3) is 4.38. The molecule has 1 unspecified atom stereocenters. The second kappa shape index (κ2) is 8.96. The molecule has 156 valence electrons. The summed E-state index contributed by atoms with van der Waals surface area (Å²) in [7, 11) is 0. The Morgan fingerprint density at radius 2 is 1.67 bits per heavy atom. The van der Waals surface area contributed by atoms with E-state index >= 15 is 0 Å². The van der Waals surface area contributed by atoms with Crippen LogP contribution < -0.4 is 10.2 Å². The van der Waals surface area contributed by atoms with Gasteiger partial charge in [-0.25, -0.2) is 0 Å². The maximum Gasteiger partial charge on any atom is 0.232 e. The van der Waals surface area contributed by atoms with Gasteiger partial charge < -0.3 is 10.2 Å². The van der Waals surface area contributed by atoms with Crippen LogP contribution in [0.5, 0.6) is 0 Å². The summed E-state index contributed by atoms with van der Waals surface area (Å²) in [6.07, 6.45) is 3.84. The zero-order valence-electron chi connectivity index (χ0n) is 17.5. The Balaban J connectivity index is 1.65. The van der Waals surface area contributed by atoms with Gasteiger partial charge in [0.1, 0.15) is 5.51 Å². The average molecular weight is 421 g/mol. The molecule has 1 aliphatic heterocycles. The third-order valence-electron chi connectivity index (χ3n) is 5.97. The van der Waals surface area contributed by atoms with Gasteiger partial charge in [-0.05, 0) is 42.5 Å². The molecule has 6 heteroatoms. The van der Waals surface area contributed by atoms with E-state index in [0.717, 1.165) is 24.2 Å². The zero-order chi connectivity index (χ0) is 21.0. The van der Waals surface area contributed by atoms with E-state index in [-0.39, 0.29) is 11.8 Å². The van der Waals surface area contributed by atoms with Crippen molar-refractivity contribution in [3.05, 3.63) is 71.2 Å². The molecule has 0 radical (unpaired) electrons. The van der Waals surface area contributed by atoms with Crippen LogP contribution in [-0.4, -0.2) is 29.2 Å². The Morgan fingerprint density at radius 1 is 1.00 bits per heavy atom. The molecule has 1 aliphatic rings. The van der Waals surface area contributed by atoms with Crippen LogP contribution in [0.1, 0.15) is 50.2 Å². The zero-order valence-corrected chi connectivity index (χ0v) is 18.4. The summed E-state index contributed by atoms with van der Waals surface area (Å²) in [6.45, 7) is 6.24. The number of aromatic nitrogens is 2. The molecule has 3 aromatic rings. The highest BCUT2D eigenvalue weighted by Crippen LogP contribution is 2.42. The lowest BCUT2D eigenvalue weighted by atomic mass is 9.70. The fourth-order valence-electron chi connectivity index (χ4n) is 4.32. The molecule has 1 amide bonds. The van der Waals surface area contributed by atoms with Gasteiger partial charge in [-0.3, -0.25) is 4.79 Å². The van der Waals surface area contributed by atoms with Gasteiger partial charge in [0.25, 0.3) is 0 Å². The lowest BCUT2D eigenvalue weighted by Crippen LogP contribution is -2.37. The highest BCUT2D eigenvalue weighted by atomic mass is 32.1. The molecule has 30 heavy (non-hydrogen) atoms. The average Bonchev–Trinajstić information content (AvgIpc) is 3.29. The van der Waals surface area contributed by atoms with Gasteiger partial charge in [-0.2, -0.15) is 0 Å². The summed E-state index contributed by atoms with van der Waals surface area (Å²) in [5, 5.41) is 11.3. The fourth-order valence-corrected chi connectivity index (χ4v) is 4.76. The Bertz CT molecular complexity index is 949. The van der Waals surface area contributed by atoms with E-state index in [1.54, 1.807) is 5.51 Å². The SMILES string of the molecule is CC(C)(C(=O)Nc1nncs1)C(c1ccccc1)c1ccc(N2CCCCC2)cc1. The highest BCUT2D eigenvalue weighted by Gasteiger charge is 2.39. The molecule has 2 heterocycles. The van der Waals surface area contributed by atoms with Crippen molar-refractivity contribution in [2.75, 3.05) is 23.3 Å². The monoisotopic (exact) mass is 420 g/mol. The number of carbonyl (C=O) groups is 1. The van der Waals surface area contributed by atoms with Gasteiger partial charge in [0, 0.05) is 24.7 Å². The molecule has 0 bridgehead atoms. The van der Waals surface area contributed by atoms with E-state index in [0.29, 0.717) is 5.13 Å². The smallest absolute Gasteiger partial charge is 0.232 e. The van der Waals surface area contributed by atoms with Crippen LogP contribution in [0.3, 0.4) is 0 Å². The molecular weight excluding hydrogens is 392 g/mol. The second-order valence-corrected chi connectivity index (χ2v) is 9.24. The summed E-state index contributed by atoms with van der Waals surface area (Å²) < 4.78 is 0. The van der Waals surface area contributed by atoms with E-state index < -0.39 is 5.41 Å². The number of carbonyl (C=O) groups excluding carboxylic acids is 1. The first-order valence-corrected chi connectivity index (χ1v) is 11.4. The van der Waals surface area contributed by atoms with Crippen molar-refractivity contribution < 1.29 is 4.79 Å². The molecule has 1 fully saturated rings. The number of nitrogens with one attached hydrogen (secondary N) is 1. The summed E-state index contributed by atoms with van der Waals surface area (Å²) in [5.41, 5.74) is 4.47. The minimum absolute atomic E-state index is 0.0618. The Kier molecular flexibility index (Phi) is 6.13. The molecule has 5 nitrogen and oxygen atoms in total. The van der Waals surface area contributed by atoms with Crippen molar-refractivity contribution in [2.24, 2.45) is 5.41 Å². The van der Waals surface area contributed by atoms with E-state index in [1.165, 1.54) is 36.3 Å². The van der Waals surface area contributed by atoms with E-state index in [2.05, 4.69) is 56.8 Å². The fraction of sp³-hybridized carbons (Fsp3) is 0.375. The number of anilines is 2. The van der Waals surface area contributed by atoms with E-state index in [4.69, 9.17) is 0 Å². The normalized spacial score (nSPS) is 15.6. The van der Waals surface area contributed by atoms with Crippen LogP contribution in [-0.2, 0) is 4.79 Å². The van der Waals surface area contributed by atoms with Crippen molar-refractivity contribution >= 4 is 28.1 Å². The Morgan fingerprint density at radius 3 is 2.30 bits per heavy atom. The van der Waals surface area contributed by atoms with Crippen LogP contribution in [0.4, 0.5) is 10.8 Å². The van der Waals surface area contributed by atoms with Crippen LogP contribution >= 0.6 is 11.3 Å². The van der Waals surface area contributed by atoms with Crippen molar-refractivity contribution in [1.29, 1.82) is 0 Å². The molecular formula is C24H28N4OS. The predicted octanol–water partition coefficient (Wildman–Crippen LogP) is 5.33. The quantitative estimate of drug-likeness (QED) is 0.586. The Labute approximate surface area is 182 Å². The van der Waals surface area contributed by atoms with Crippen molar-refractivity contribution in [3.63, 3.8) is 0 Å². The van der Waals surface area contributed by atoms with Crippen molar-refractivity contribution in [2.45, 2.75) is 39.0 Å². The molecule has 1 saturated heterocycles. The highest BCUT2D eigenvalue weighted by molar-refractivity contribution is 7.13. The molecule has 1 aromatic heterocycles. The topological polar surface area (TPSA) is 58.1 Å². The molecule has 1 N–H and O–H groups in total. The largest absolute Gasteiger partial charge is 0.372 e. The number of amides is 1.